The van der Waals surface area contributed by atoms with Gasteiger partial charge >= 0.3 is 5.97 Å². The van der Waals surface area contributed by atoms with Crippen LogP contribution >= 0.6 is 0 Å². The molecule has 0 aliphatic rings. The molecule has 2 rings (SSSR count). The number of hydrogen-bond donors (Lipinski definition) is 1. The molecule has 0 fully saturated rings. The van der Waals surface area contributed by atoms with Gasteiger partial charge in [0.15, 0.2) is 0 Å². The first-order valence-corrected chi connectivity index (χ1v) is 6.59. The standard InChI is InChI=1S/C17H19NO2/c1-12-8-9-16(15(10-12)17(19)20-3)18-11-14-7-5-4-6-13(14)2/h4-10,18H,11H2,1-3H3. The maximum Gasteiger partial charge on any atom is 0.339 e. The summed E-state index contributed by atoms with van der Waals surface area (Å²) >= 11 is 0. The molecule has 0 bridgehead atoms. The van der Waals surface area contributed by atoms with E-state index in [1.807, 2.05) is 37.3 Å². The summed E-state index contributed by atoms with van der Waals surface area (Å²) in [6.07, 6.45) is 0. The van der Waals surface area contributed by atoms with Crippen molar-refractivity contribution in [3.05, 3.63) is 64.7 Å². The van der Waals surface area contributed by atoms with E-state index in [0.29, 0.717) is 12.1 Å². The van der Waals surface area contributed by atoms with E-state index < -0.39 is 0 Å². The van der Waals surface area contributed by atoms with E-state index >= 15 is 0 Å². The van der Waals surface area contributed by atoms with Crippen LogP contribution in [0.5, 0.6) is 0 Å². The van der Waals surface area contributed by atoms with Crippen molar-refractivity contribution in [3.63, 3.8) is 0 Å². The molecule has 3 nitrogen and oxygen atoms in total. The zero-order chi connectivity index (χ0) is 14.5. The summed E-state index contributed by atoms with van der Waals surface area (Å²) in [5, 5.41) is 3.31. The van der Waals surface area contributed by atoms with Gasteiger partial charge in [0.05, 0.1) is 12.7 Å². The molecule has 0 aliphatic carbocycles. The highest BCUT2D eigenvalue weighted by Crippen LogP contribution is 2.20. The number of nitrogens with one attached hydrogen (secondary N) is 1. The third-order valence-electron chi connectivity index (χ3n) is 3.31. The highest BCUT2D eigenvalue weighted by atomic mass is 16.5. The predicted octanol–water partition coefficient (Wildman–Crippen LogP) is 3.70. The first-order chi connectivity index (χ1) is 9.61. The van der Waals surface area contributed by atoms with Crippen LogP contribution in [0.4, 0.5) is 5.69 Å². The van der Waals surface area contributed by atoms with Crippen LogP contribution in [0.25, 0.3) is 0 Å². The number of ether oxygens (including phenoxy) is 1. The van der Waals surface area contributed by atoms with Gasteiger partial charge in [-0.25, -0.2) is 4.79 Å². The third kappa shape index (κ3) is 3.18. The molecule has 2 aromatic rings. The van der Waals surface area contributed by atoms with Crippen LogP contribution in [0.1, 0.15) is 27.0 Å². The van der Waals surface area contributed by atoms with Crippen molar-refractivity contribution in [1.29, 1.82) is 0 Å². The average Bonchev–Trinajstić information content (AvgIpc) is 2.46. The lowest BCUT2D eigenvalue weighted by molar-refractivity contribution is 0.0601. The molecule has 104 valence electrons. The fraction of sp³-hybridized carbons (Fsp3) is 0.235. The largest absolute Gasteiger partial charge is 0.465 e. The molecular weight excluding hydrogens is 250 g/mol. The van der Waals surface area contributed by atoms with Crippen LogP contribution < -0.4 is 5.32 Å². The molecule has 0 amide bonds. The Balaban J connectivity index is 2.21. The van der Waals surface area contributed by atoms with E-state index in [0.717, 1.165) is 11.3 Å². The van der Waals surface area contributed by atoms with Crippen molar-refractivity contribution in [2.75, 3.05) is 12.4 Å². The Kier molecular flexibility index (Phi) is 4.41. The topological polar surface area (TPSA) is 38.3 Å². The van der Waals surface area contributed by atoms with Crippen LogP contribution in [-0.4, -0.2) is 13.1 Å². The van der Waals surface area contributed by atoms with Crippen molar-refractivity contribution >= 4 is 11.7 Å². The molecule has 0 saturated carbocycles. The number of hydrogen-bond acceptors (Lipinski definition) is 3. The van der Waals surface area contributed by atoms with Gasteiger partial charge in [-0.15, -0.1) is 0 Å². The molecule has 0 spiro atoms. The minimum Gasteiger partial charge on any atom is -0.465 e. The molecule has 1 N–H and O–H groups in total. The molecule has 0 heterocycles. The SMILES string of the molecule is COC(=O)c1cc(C)ccc1NCc1ccccc1C. The van der Waals surface area contributed by atoms with Gasteiger partial charge in [0.2, 0.25) is 0 Å². The van der Waals surface area contributed by atoms with Crippen LogP contribution in [-0.2, 0) is 11.3 Å². The number of carbonyl (C=O) groups is 1. The number of rotatable bonds is 4. The molecule has 0 atom stereocenters. The normalized spacial score (nSPS) is 10.2. The molecule has 0 radical (unpaired) electrons. The second-order valence-electron chi connectivity index (χ2n) is 4.82. The minimum absolute atomic E-state index is 0.319. The summed E-state index contributed by atoms with van der Waals surface area (Å²) in [7, 11) is 1.40. The van der Waals surface area contributed by atoms with Gasteiger partial charge < -0.3 is 10.1 Å². The molecule has 0 saturated heterocycles. The maximum atomic E-state index is 11.8. The number of esters is 1. The zero-order valence-corrected chi connectivity index (χ0v) is 12.1. The zero-order valence-electron chi connectivity index (χ0n) is 12.1. The lowest BCUT2D eigenvalue weighted by atomic mass is 10.1. The lowest BCUT2D eigenvalue weighted by Gasteiger charge is -2.13. The summed E-state index contributed by atoms with van der Waals surface area (Å²) in [5.41, 5.74) is 4.84. The van der Waals surface area contributed by atoms with E-state index in [1.165, 1.54) is 18.2 Å². The first-order valence-electron chi connectivity index (χ1n) is 6.59. The molecule has 0 unspecified atom stereocenters. The Morgan fingerprint density at radius 3 is 2.60 bits per heavy atom. The van der Waals surface area contributed by atoms with Crippen LogP contribution in [0.3, 0.4) is 0 Å². The summed E-state index contributed by atoms with van der Waals surface area (Å²) in [6, 6.07) is 13.9. The fourth-order valence-electron chi connectivity index (χ4n) is 2.09. The molecule has 3 heteroatoms. The molecule has 0 aromatic heterocycles. The van der Waals surface area contributed by atoms with E-state index in [2.05, 4.69) is 24.4 Å². The van der Waals surface area contributed by atoms with Crippen molar-refractivity contribution in [1.82, 2.24) is 0 Å². The average molecular weight is 269 g/mol. The number of anilines is 1. The molecule has 0 aliphatic heterocycles. The predicted molar refractivity (Wildman–Crippen MR) is 81.0 cm³/mol. The Morgan fingerprint density at radius 1 is 1.15 bits per heavy atom. The third-order valence-corrected chi connectivity index (χ3v) is 3.31. The minimum atomic E-state index is -0.319. The molecule has 2 aromatic carbocycles. The van der Waals surface area contributed by atoms with Crippen molar-refractivity contribution in [3.8, 4) is 0 Å². The Morgan fingerprint density at radius 2 is 1.90 bits per heavy atom. The smallest absolute Gasteiger partial charge is 0.339 e. The van der Waals surface area contributed by atoms with E-state index in [9.17, 15) is 4.79 Å². The van der Waals surface area contributed by atoms with Gasteiger partial charge in [-0.1, -0.05) is 35.9 Å². The number of methoxy groups -OCH3 is 1. The Hall–Kier alpha value is -2.29. The number of benzene rings is 2. The Labute approximate surface area is 119 Å². The van der Waals surface area contributed by atoms with Gasteiger partial charge in [-0.2, -0.15) is 0 Å². The maximum absolute atomic E-state index is 11.8. The fourth-order valence-corrected chi connectivity index (χ4v) is 2.09. The van der Waals surface area contributed by atoms with Crippen molar-refractivity contribution in [2.45, 2.75) is 20.4 Å². The van der Waals surface area contributed by atoms with Gasteiger partial charge in [-0.3, -0.25) is 0 Å². The quantitative estimate of drug-likeness (QED) is 0.860. The Bertz CT molecular complexity index is 620. The summed E-state index contributed by atoms with van der Waals surface area (Å²) in [4.78, 5) is 11.8. The number of aryl methyl sites for hydroxylation is 2. The number of carbonyl (C=O) groups excluding carboxylic acids is 1. The second kappa shape index (κ2) is 6.24. The summed E-state index contributed by atoms with van der Waals surface area (Å²) in [6.45, 7) is 4.71. The summed E-state index contributed by atoms with van der Waals surface area (Å²) in [5.74, 6) is -0.319. The van der Waals surface area contributed by atoms with Gasteiger partial charge in [0, 0.05) is 12.2 Å². The van der Waals surface area contributed by atoms with Crippen LogP contribution in [0, 0.1) is 13.8 Å². The van der Waals surface area contributed by atoms with Crippen molar-refractivity contribution in [2.24, 2.45) is 0 Å². The van der Waals surface area contributed by atoms with Gasteiger partial charge in [0.25, 0.3) is 0 Å². The van der Waals surface area contributed by atoms with Gasteiger partial charge in [0.1, 0.15) is 0 Å². The second-order valence-corrected chi connectivity index (χ2v) is 4.82. The van der Waals surface area contributed by atoms with Gasteiger partial charge in [-0.05, 0) is 37.1 Å². The van der Waals surface area contributed by atoms with E-state index in [4.69, 9.17) is 4.74 Å². The first kappa shape index (κ1) is 14.1. The highest BCUT2D eigenvalue weighted by Gasteiger charge is 2.11. The van der Waals surface area contributed by atoms with E-state index in [-0.39, 0.29) is 5.97 Å². The van der Waals surface area contributed by atoms with Crippen LogP contribution in [0.2, 0.25) is 0 Å². The van der Waals surface area contributed by atoms with Crippen molar-refractivity contribution < 1.29 is 9.53 Å². The monoisotopic (exact) mass is 269 g/mol. The lowest BCUT2D eigenvalue weighted by Crippen LogP contribution is -2.09. The van der Waals surface area contributed by atoms with Crippen LogP contribution in [0.15, 0.2) is 42.5 Å². The molecular formula is C17H19NO2. The highest BCUT2D eigenvalue weighted by molar-refractivity contribution is 5.95. The summed E-state index contributed by atoms with van der Waals surface area (Å²) < 4.78 is 4.83. The van der Waals surface area contributed by atoms with E-state index in [1.54, 1.807) is 0 Å². The molecule has 20 heavy (non-hydrogen) atoms.